The van der Waals surface area contributed by atoms with Gasteiger partial charge in [0, 0.05) is 0 Å². The van der Waals surface area contributed by atoms with Gasteiger partial charge in [-0.15, -0.1) is 12.6 Å². The van der Waals surface area contributed by atoms with Crippen LogP contribution in [-0.2, 0) is 4.79 Å². The molecule has 0 amide bonds. The Morgan fingerprint density at radius 3 is 2.45 bits per heavy atom. The average molecular weight is 172 g/mol. The summed E-state index contributed by atoms with van der Waals surface area (Å²) >= 11 is 3.68. The van der Waals surface area contributed by atoms with Crippen molar-refractivity contribution in [3.63, 3.8) is 0 Å². The molecule has 0 aliphatic carbocycles. The van der Waals surface area contributed by atoms with Gasteiger partial charge in [0.25, 0.3) is 0 Å². The monoisotopic (exact) mass is 172 g/mol. The summed E-state index contributed by atoms with van der Waals surface area (Å²) in [5, 5.41) is -0.165. The fourth-order valence-electron chi connectivity index (χ4n) is 0.872. The normalized spacial score (nSPS) is 9.64. The molecular formula is C9H16OS. The minimum atomic E-state index is -0.165. The standard InChI is InChI=1S/C9H16OS/c1-3-4-5-6-7-8(2)9(10)11/h2-7H2,1H3,(H,10,11). The highest BCUT2D eigenvalue weighted by Crippen LogP contribution is 2.10. The van der Waals surface area contributed by atoms with Crippen molar-refractivity contribution in [3.05, 3.63) is 12.2 Å². The highest BCUT2D eigenvalue weighted by molar-refractivity contribution is 7.97. The number of carbonyl (C=O) groups is 1. The van der Waals surface area contributed by atoms with Gasteiger partial charge < -0.3 is 0 Å². The molecule has 0 saturated carbocycles. The van der Waals surface area contributed by atoms with Crippen molar-refractivity contribution in [3.8, 4) is 0 Å². The van der Waals surface area contributed by atoms with E-state index in [-0.39, 0.29) is 5.12 Å². The minimum Gasteiger partial charge on any atom is -0.282 e. The van der Waals surface area contributed by atoms with Gasteiger partial charge in [0.2, 0.25) is 5.12 Å². The van der Waals surface area contributed by atoms with Gasteiger partial charge in [-0.3, -0.25) is 4.79 Å². The molecule has 1 nitrogen and oxygen atoms in total. The maximum absolute atomic E-state index is 10.6. The molecule has 0 atom stereocenters. The van der Waals surface area contributed by atoms with E-state index in [1.54, 1.807) is 0 Å². The van der Waals surface area contributed by atoms with E-state index in [0.29, 0.717) is 5.57 Å². The summed E-state index contributed by atoms with van der Waals surface area (Å²) in [4.78, 5) is 10.6. The molecule has 0 aromatic heterocycles. The van der Waals surface area contributed by atoms with Gasteiger partial charge in [-0.2, -0.15) is 0 Å². The molecule has 0 spiro atoms. The van der Waals surface area contributed by atoms with Crippen LogP contribution in [0, 0.1) is 0 Å². The van der Waals surface area contributed by atoms with Gasteiger partial charge in [-0.25, -0.2) is 0 Å². The second kappa shape index (κ2) is 6.47. The Bertz CT molecular complexity index is 140. The maximum Gasteiger partial charge on any atom is 0.211 e. The number of carbonyl (C=O) groups excluding carboxylic acids is 1. The summed E-state index contributed by atoms with van der Waals surface area (Å²) in [5.41, 5.74) is 0.643. The third-order valence-corrected chi connectivity index (χ3v) is 1.95. The Morgan fingerprint density at radius 2 is 2.00 bits per heavy atom. The van der Waals surface area contributed by atoms with Crippen LogP contribution < -0.4 is 0 Å². The number of unbranched alkanes of at least 4 members (excludes halogenated alkanes) is 3. The lowest BCUT2D eigenvalue weighted by molar-refractivity contribution is -0.107. The van der Waals surface area contributed by atoms with E-state index in [1.165, 1.54) is 19.3 Å². The quantitative estimate of drug-likeness (QED) is 0.370. The first-order valence-corrected chi connectivity index (χ1v) is 4.54. The topological polar surface area (TPSA) is 17.1 Å². The number of hydrogen-bond donors (Lipinski definition) is 1. The van der Waals surface area contributed by atoms with Crippen molar-refractivity contribution in [1.82, 2.24) is 0 Å². The number of rotatable bonds is 6. The fourth-order valence-corrected chi connectivity index (χ4v) is 0.984. The molecule has 0 aromatic carbocycles. The predicted molar refractivity (Wildman–Crippen MR) is 51.9 cm³/mol. The van der Waals surface area contributed by atoms with E-state index >= 15 is 0 Å². The molecule has 11 heavy (non-hydrogen) atoms. The number of thiol groups is 1. The largest absolute Gasteiger partial charge is 0.282 e. The number of hydrogen-bond acceptors (Lipinski definition) is 1. The van der Waals surface area contributed by atoms with Crippen LogP contribution in [0.5, 0.6) is 0 Å². The first kappa shape index (κ1) is 10.8. The molecule has 0 rings (SSSR count). The molecule has 2 heteroatoms. The molecular weight excluding hydrogens is 156 g/mol. The Labute approximate surface area is 74.3 Å². The van der Waals surface area contributed by atoms with E-state index in [4.69, 9.17) is 0 Å². The van der Waals surface area contributed by atoms with Gasteiger partial charge in [0.1, 0.15) is 0 Å². The predicted octanol–water partition coefficient (Wildman–Crippen LogP) is 2.97. The van der Waals surface area contributed by atoms with E-state index in [1.807, 2.05) is 0 Å². The summed E-state index contributed by atoms with van der Waals surface area (Å²) < 4.78 is 0. The fraction of sp³-hybridized carbons (Fsp3) is 0.667. The summed E-state index contributed by atoms with van der Waals surface area (Å²) in [5.74, 6) is 0. The third kappa shape index (κ3) is 6.17. The van der Waals surface area contributed by atoms with Crippen LogP contribution in [0.15, 0.2) is 12.2 Å². The van der Waals surface area contributed by atoms with Gasteiger partial charge in [-0.05, 0) is 18.4 Å². The highest BCUT2D eigenvalue weighted by Gasteiger charge is 1.99. The van der Waals surface area contributed by atoms with Crippen molar-refractivity contribution in [2.75, 3.05) is 0 Å². The van der Waals surface area contributed by atoms with Gasteiger partial charge in [0.15, 0.2) is 0 Å². The summed E-state index contributed by atoms with van der Waals surface area (Å²) in [6.45, 7) is 5.79. The average Bonchev–Trinajstić information content (AvgIpc) is 1.97. The lowest BCUT2D eigenvalue weighted by atomic mass is 10.1. The van der Waals surface area contributed by atoms with Crippen LogP contribution in [0.4, 0.5) is 0 Å². The van der Waals surface area contributed by atoms with Gasteiger partial charge >= 0.3 is 0 Å². The molecule has 0 bridgehead atoms. The molecule has 0 aliphatic heterocycles. The van der Waals surface area contributed by atoms with Crippen molar-refractivity contribution < 1.29 is 4.79 Å². The van der Waals surface area contributed by atoms with Crippen LogP contribution in [-0.4, -0.2) is 5.12 Å². The first-order chi connectivity index (χ1) is 5.18. The second-order valence-electron chi connectivity index (χ2n) is 2.72. The van der Waals surface area contributed by atoms with Crippen molar-refractivity contribution >= 4 is 17.7 Å². The summed E-state index contributed by atoms with van der Waals surface area (Å²) in [6, 6.07) is 0. The zero-order valence-electron chi connectivity index (χ0n) is 7.10. The molecule has 0 saturated heterocycles. The lowest BCUT2D eigenvalue weighted by Gasteiger charge is -1.99. The Hall–Kier alpha value is -0.240. The molecule has 0 heterocycles. The Kier molecular flexibility index (Phi) is 6.33. The van der Waals surface area contributed by atoms with Crippen LogP contribution in [0.25, 0.3) is 0 Å². The highest BCUT2D eigenvalue weighted by atomic mass is 32.1. The lowest BCUT2D eigenvalue weighted by Crippen LogP contribution is -1.91. The Morgan fingerprint density at radius 1 is 1.36 bits per heavy atom. The van der Waals surface area contributed by atoms with E-state index in [9.17, 15) is 4.79 Å². The summed E-state index contributed by atoms with van der Waals surface area (Å²) in [6.07, 6.45) is 5.53. The minimum absolute atomic E-state index is 0.165. The van der Waals surface area contributed by atoms with Crippen LogP contribution in [0.2, 0.25) is 0 Å². The molecule has 0 N–H and O–H groups in total. The summed E-state index contributed by atoms with van der Waals surface area (Å²) in [7, 11) is 0. The SMILES string of the molecule is C=C(CCCCCC)C(=O)S. The molecule has 0 aliphatic rings. The Balaban J connectivity index is 3.25. The smallest absolute Gasteiger partial charge is 0.211 e. The first-order valence-electron chi connectivity index (χ1n) is 4.09. The molecule has 0 unspecified atom stereocenters. The van der Waals surface area contributed by atoms with E-state index in [0.717, 1.165) is 12.8 Å². The van der Waals surface area contributed by atoms with Crippen LogP contribution in [0.3, 0.4) is 0 Å². The van der Waals surface area contributed by atoms with Crippen molar-refractivity contribution in [2.45, 2.75) is 39.0 Å². The zero-order chi connectivity index (χ0) is 8.69. The van der Waals surface area contributed by atoms with Gasteiger partial charge in [-0.1, -0.05) is 32.8 Å². The molecule has 0 aromatic rings. The maximum atomic E-state index is 10.6. The molecule has 0 fully saturated rings. The van der Waals surface area contributed by atoms with Crippen molar-refractivity contribution in [2.24, 2.45) is 0 Å². The van der Waals surface area contributed by atoms with Crippen LogP contribution >= 0.6 is 12.6 Å². The van der Waals surface area contributed by atoms with Crippen molar-refractivity contribution in [1.29, 1.82) is 0 Å². The molecule has 64 valence electrons. The zero-order valence-corrected chi connectivity index (χ0v) is 7.99. The van der Waals surface area contributed by atoms with E-state index in [2.05, 4.69) is 26.1 Å². The van der Waals surface area contributed by atoms with Crippen LogP contribution in [0.1, 0.15) is 39.0 Å². The molecule has 0 radical (unpaired) electrons. The second-order valence-corrected chi connectivity index (χ2v) is 3.13. The third-order valence-electron chi connectivity index (χ3n) is 1.63. The van der Waals surface area contributed by atoms with Gasteiger partial charge in [0.05, 0.1) is 0 Å². The van der Waals surface area contributed by atoms with E-state index < -0.39 is 0 Å².